The van der Waals surface area contributed by atoms with Gasteiger partial charge in [0.2, 0.25) is 0 Å². The van der Waals surface area contributed by atoms with Crippen molar-refractivity contribution < 1.29 is 9.90 Å². The van der Waals surface area contributed by atoms with E-state index in [1.165, 1.54) is 0 Å². The Morgan fingerprint density at radius 2 is 2.26 bits per heavy atom. The minimum Gasteiger partial charge on any atom is -0.480 e. The van der Waals surface area contributed by atoms with E-state index in [-0.39, 0.29) is 0 Å². The molecule has 2 aromatic rings. The molecule has 2 aromatic heterocycles. The van der Waals surface area contributed by atoms with E-state index in [0.717, 1.165) is 18.4 Å². The highest BCUT2D eigenvalue weighted by Gasteiger charge is 2.42. The molecule has 1 unspecified atom stereocenters. The van der Waals surface area contributed by atoms with Crippen molar-refractivity contribution in [2.24, 2.45) is 0 Å². The van der Waals surface area contributed by atoms with Crippen LogP contribution in [0, 0.1) is 0 Å². The van der Waals surface area contributed by atoms with Crippen molar-refractivity contribution in [2.45, 2.75) is 31.7 Å². The van der Waals surface area contributed by atoms with Gasteiger partial charge in [0.25, 0.3) is 0 Å². The molecule has 0 bridgehead atoms. The van der Waals surface area contributed by atoms with Crippen LogP contribution < -0.4 is 4.90 Å². The highest BCUT2D eigenvalue weighted by atomic mass is 16.4. The molecule has 19 heavy (non-hydrogen) atoms. The summed E-state index contributed by atoms with van der Waals surface area (Å²) in [4.78, 5) is 17.9. The van der Waals surface area contributed by atoms with Crippen LogP contribution in [0.4, 0.5) is 5.82 Å². The number of hydrogen-bond acceptors (Lipinski definition) is 4. The molecule has 0 amide bonds. The summed E-state index contributed by atoms with van der Waals surface area (Å²) in [5, 5.41) is 13.7. The molecule has 0 saturated carbocycles. The summed E-state index contributed by atoms with van der Waals surface area (Å²) < 4.78 is 1.72. The first kappa shape index (κ1) is 12.0. The van der Waals surface area contributed by atoms with Gasteiger partial charge >= 0.3 is 5.97 Å². The highest BCUT2D eigenvalue weighted by molar-refractivity contribution is 5.85. The molecule has 1 aliphatic rings. The average Bonchev–Trinajstić information content (AvgIpc) is 2.87. The molecule has 1 aliphatic heterocycles. The van der Waals surface area contributed by atoms with Gasteiger partial charge in [-0.1, -0.05) is 0 Å². The van der Waals surface area contributed by atoms with E-state index in [0.29, 0.717) is 18.8 Å². The number of carboxylic acids is 1. The maximum Gasteiger partial charge on any atom is 0.329 e. The van der Waals surface area contributed by atoms with Crippen molar-refractivity contribution in [3.05, 3.63) is 24.7 Å². The Hall–Kier alpha value is -2.11. The molecule has 0 aliphatic carbocycles. The van der Waals surface area contributed by atoms with E-state index in [9.17, 15) is 9.90 Å². The molecule has 0 aromatic carbocycles. The molecule has 1 fully saturated rings. The molecule has 0 radical (unpaired) electrons. The number of anilines is 1. The molecule has 1 atom stereocenters. The lowest BCUT2D eigenvalue weighted by molar-refractivity contribution is -0.143. The number of fused-ring (bicyclic) bond motifs is 1. The predicted molar refractivity (Wildman–Crippen MR) is 70.2 cm³/mol. The lowest BCUT2D eigenvalue weighted by atomic mass is 9.88. The van der Waals surface area contributed by atoms with Crippen molar-refractivity contribution in [1.82, 2.24) is 14.6 Å². The number of rotatable bonds is 2. The molecule has 0 spiro atoms. The van der Waals surface area contributed by atoms with Crippen LogP contribution in [0.25, 0.3) is 5.52 Å². The van der Waals surface area contributed by atoms with Gasteiger partial charge in [-0.15, -0.1) is 0 Å². The van der Waals surface area contributed by atoms with Crippen LogP contribution in [-0.2, 0) is 4.79 Å². The maximum atomic E-state index is 11.6. The van der Waals surface area contributed by atoms with E-state index < -0.39 is 11.5 Å². The minimum atomic E-state index is -0.892. The summed E-state index contributed by atoms with van der Waals surface area (Å²) in [7, 11) is 0. The monoisotopic (exact) mass is 260 g/mol. The summed E-state index contributed by atoms with van der Waals surface area (Å²) in [6.07, 6.45) is 7.68. The van der Waals surface area contributed by atoms with Crippen molar-refractivity contribution in [3.63, 3.8) is 0 Å². The van der Waals surface area contributed by atoms with E-state index in [1.54, 1.807) is 30.0 Å². The molecule has 3 rings (SSSR count). The largest absolute Gasteiger partial charge is 0.480 e. The molecule has 1 N–H and O–H groups in total. The average molecular weight is 260 g/mol. The molecule has 6 heteroatoms. The van der Waals surface area contributed by atoms with Crippen molar-refractivity contribution in [1.29, 1.82) is 0 Å². The number of carbonyl (C=O) groups is 1. The van der Waals surface area contributed by atoms with E-state index in [1.807, 2.05) is 11.0 Å². The number of piperidine rings is 1. The minimum absolute atomic E-state index is 0.638. The quantitative estimate of drug-likeness (QED) is 0.887. The van der Waals surface area contributed by atoms with Crippen LogP contribution in [0.15, 0.2) is 24.7 Å². The number of nitrogens with zero attached hydrogens (tertiary/aromatic N) is 4. The number of aliphatic carboxylic acids is 1. The van der Waals surface area contributed by atoms with Gasteiger partial charge in [0, 0.05) is 18.9 Å². The molecular weight excluding hydrogens is 244 g/mol. The van der Waals surface area contributed by atoms with Gasteiger partial charge in [-0.05, 0) is 32.3 Å². The first-order valence-corrected chi connectivity index (χ1v) is 6.42. The van der Waals surface area contributed by atoms with Crippen LogP contribution >= 0.6 is 0 Å². The van der Waals surface area contributed by atoms with Gasteiger partial charge in [0.15, 0.2) is 5.82 Å². The van der Waals surface area contributed by atoms with Gasteiger partial charge in [-0.2, -0.15) is 5.10 Å². The zero-order valence-electron chi connectivity index (χ0n) is 10.8. The Morgan fingerprint density at radius 3 is 3.05 bits per heavy atom. The summed E-state index contributed by atoms with van der Waals surface area (Å²) in [6.45, 7) is 2.48. The number of aromatic nitrogens is 3. The fraction of sp³-hybridized carbons (Fsp3) is 0.462. The topological polar surface area (TPSA) is 70.7 Å². The molecule has 3 heterocycles. The molecule has 100 valence electrons. The fourth-order valence-electron chi connectivity index (χ4n) is 2.73. The normalized spacial score (nSPS) is 23.7. The number of hydrogen-bond donors (Lipinski definition) is 1. The maximum absolute atomic E-state index is 11.6. The van der Waals surface area contributed by atoms with Crippen LogP contribution in [0.2, 0.25) is 0 Å². The first-order chi connectivity index (χ1) is 9.13. The third-order valence-corrected chi connectivity index (χ3v) is 3.91. The Labute approximate surface area is 110 Å². The lowest BCUT2D eigenvalue weighted by Gasteiger charge is -2.42. The van der Waals surface area contributed by atoms with Gasteiger partial charge < -0.3 is 10.0 Å². The van der Waals surface area contributed by atoms with Gasteiger partial charge in [-0.25, -0.2) is 14.3 Å². The second-order valence-corrected chi connectivity index (χ2v) is 5.10. The molecule has 1 saturated heterocycles. The van der Waals surface area contributed by atoms with Gasteiger partial charge in [0.1, 0.15) is 11.1 Å². The van der Waals surface area contributed by atoms with Gasteiger partial charge in [0.05, 0.1) is 6.20 Å². The summed E-state index contributed by atoms with van der Waals surface area (Å²) in [6, 6.07) is 1.86. The van der Waals surface area contributed by atoms with Crippen LogP contribution in [0.5, 0.6) is 0 Å². The Morgan fingerprint density at radius 1 is 1.42 bits per heavy atom. The zero-order valence-corrected chi connectivity index (χ0v) is 10.8. The van der Waals surface area contributed by atoms with Crippen LogP contribution in [-0.4, -0.2) is 37.8 Å². The summed E-state index contributed by atoms with van der Waals surface area (Å²) in [5.74, 6) is -0.0971. The molecular formula is C13H16N4O2. The van der Waals surface area contributed by atoms with Crippen LogP contribution in [0.1, 0.15) is 26.2 Å². The smallest absolute Gasteiger partial charge is 0.329 e. The second-order valence-electron chi connectivity index (χ2n) is 5.10. The summed E-state index contributed by atoms with van der Waals surface area (Å²) >= 11 is 0. The second kappa shape index (κ2) is 4.22. The highest BCUT2D eigenvalue weighted by Crippen LogP contribution is 2.33. The zero-order chi connectivity index (χ0) is 13.5. The number of carboxylic acid groups (broad SMARTS) is 1. The lowest BCUT2D eigenvalue weighted by Crippen LogP contribution is -2.55. The summed E-state index contributed by atoms with van der Waals surface area (Å²) in [5.41, 5.74) is -0.0472. The Kier molecular flexibility index (Phi) is 2.66. The third-order valence-electron chi connectivity index (χ3n) is 3.91. The third kappa shape index (κ3) is 1.75. The van der Waals surface area contributed by atoms with Crippen molar-refractivity contribution in [3.8, 4) is 0 Å². The standard InChI is InChI=1S/C13H16N4O2/c1-13(12(18)19)5-2-3-8-16(13)11-10-4-6-15-17(10)9-7-14-11/h4,6-7,9H,2-3,5,8H2,1H3,(H,18,19). The Bertz CT molecular complexity index is 624. The Balaban J connectivity index is 2.13. The SMILES string of the molecule is CC1(C(=O)O)CCCCN1c1nccn2nccc12. The van der Waals surface area contributed by atoms with E-state index in [4.69, 9.17) is 0 Å². The van der Waals surface area contributed by atoms with Crippen molar-refractivity contribution in [2.75, 3.05) is 11.4 Å². The first-order valence-electron chi connectivity index (χ1n) is 6.42. The van der Waals surface area contributed by atoms with Crippen LogP contribution in [0.3, 0.4) is 0 Å². The fourth-order valence-corrected chi connectivity index (χ4v) is 2.73. The van der Waals surface area contributed by atoms with E-state index in [2.05, 4.69) is 10.1 Å². The predicted octanol–water partition coefficient (Wildman–Crippen LogP) is 1.56. The van der Waals surface area contributed by atoms with E-state index >= 15 is 0 Å². The molecule has 6 nitrogen and oxygen atoms in total. The van der Waals surface area contributed by atoms with Gasteiger partial charge in [-0.3, -0.25) is 0 Å². The van der Waals surface area contributed by atoms with Crippen molar-refractivity contribution >= 4 is 17.3 Å².